The Labute approximate surface area is 165 Å². The first-order chi connectivity index (χ1) is 12.3. The molecule has 2 amide bonds. The number of rotatable bonds is 6. The second kappa shape index (κ2) is 9.58. The molecule has 0 heterocycles. The molecule has 26 heavy (non-hydrogen) atoms. The summed E-state index contributed by atoms with van der Waals surface area (Å²) < 4.78 is 0. The number of nitrogens with zero attached hydrogens (tertiary/aromatic N) is 1. The number of benzene rings is 1. The van der Waals surface area contributed by atoms with Crippen LogP contribution in [0.4, 0.5) is 5.69 Å². The number of carbonyl (C=O) groups is 2. The van der Waals surface area contributed by atoms with Gasteiger partial charge in [-0.25, -0.2) is 0 Å². The second-order valence-electron chi connectivity index (χ2n) is 7.11. The van der Waals surface area contributed by atoms with Crippen LogP contribution in [0.15, 0.2) is 18.2 Å². The number of halogens is 2. The van der Waals surface area contributed by atoms with E-state index in [0.29, 0.717) is 21.7 Å². The minimum absolute atomic E-state index is 0.0465. The fraction of sp³-hybridized carbons (Fsp3) is 0.579. The van der Waals surface area contributed by atoms with E-state index in [-0.39, 0.29) is 24.4 Å². The van der Waals surface area contributed by atoms with Gasteiger partial charge in [-0.2, -0.15) is 0 Å². The maximum atomic E-state index is 12.5. The number of amides is 2. The standard InChI is InChI=1S/C19H27Cl2N3O2/c1-12-7-4-5-10-16(12)22-19(26)13(2)24(3)11-17(25)23-18-14(20)8-6-9-15(18)21/h6,8-9,12-13,16H,4-5,7,10-11H2,1-3H3,(H,22,26)(H,23,25)/t12-,13-,16-/m1/s1. The highest BCUT2D eigenvalue weighted by Gasteiger charge is 2.27. The van der Waals surface area contributed by atoms with Crippen LogP contribution < -0.4 is 10.6 Å². The number of hydrogen-bond acceptors (Lipinski definition) is 3. The molecule has 2 rings (SSSR count). The monoisotopic (exact) mass is 399 g/mol. The topological polar surface area (TPSA) is 61.4 Å². The van der Waals surface area contributed by atoms with E-state index < -0.39 is 6.04 Å². The van der Waals surface area contributed by atoms with Gasteiger partial charge in [-0.1, -0.05) is 49.0 Å². The quantitative estimate of drug-likeness (QED) is 0.760. The normalized spacial score (nSPS) is 21.3. The molecular formula is C19H27Cl2N3O2. The molecule has 5 nitrogen and oxygen atoms in total. The van der Waals surface area contributed by atoms with Gasteiger partial charge in [-0.3, -0.25) is 14.5 Å². The molecule has 0 unspecified atom stereocenters. The predicted molar refractivity (Wildman–Crippen MR) is 107 cm³/mol. The van der Waals surface area contributed by atoms with Gasteiger partial charge in [0.1, 0.15) is 0 Å². The van der Waals surface area contributed by atoms with Crippen molar-refractivity contribution in [3.05, 3.63) is 28.2 Å². The molecular weight excluding hydrogens is 373 g/mol. The number of para-hydroxylation sites is 1. The highest BCUT2D eigenvalue weighted by molar-refractivity contribution is 6.39. The van der Waals surface area contributed by atoms with Crippen molar-refractivity contribution in [2.24, 2.45) is 5.92 Å². The second-order valence-corrected chi connectivity index (χ2v) is 7.93. The predicted octanol–water partition coefficient (Wildman–Crippen LogP) is 3.95. The number of anilines is 1. The Morgan fingerprint density at radius 1 is 1.23 bits per heavy atom. The van der Waals surface area contributed by atoms with Gasteiger partial charge in [-0.15, -0.1) is 0 Å². The van der Waals surface area contributed by atoms with Crippen molar-refractivity contribution in [2.75, 3.05) is 18.9 Å². The molecule has 1 aliphatic rings. The average molecular weight is 400 g/mol. The van der Waals surface area contributed by atoms with Gasteiger partial charge in [0.25, 0.3) is 0 Å². The molecule has 1 aromatic rings. The van der Waals surface area contributed by atoms with E-state index in [9.17, 15) is 9.59 Å². The molecule has 0 aliphatic heterocycles. The van der Waals surface area contributed by atoms with E-state index >= 15 is 0 Å². The van der Waals surface area contributed by atoms with Crippen LogP contribution in [0.25, 0.3) is 0 Å². The summed E-state index contributed by atoms with van der Waals surface area (Å²) in [5.41, 5.74) is 0.391. The van der Waals surface area contributed by atoms with E-state index in [1.807, 2.05) is 0 Å². The van der Waals surface area contributed by atoms with Gasteiger partial charge in [0, 0.05) is 6.04 Å². The summed E-state index contributed by atoms with van der Waals surface area (Å²) in [5, 5.41) is 6.61. The Morgan fingerprint density at radius 2 is 1.85 bits per heavy atom. The van der Waals surface area contributed by atoms with Crippen LogP contribution in [0.5, 0.6) is 0 Å². The zero-order valence-electron chi connectivity index (χ0n) is 15.5. The molecule has 0 saturated heterocycles. The summed E-state index contributed by atoms with van der Waals surface area (Å²) in [7, 11) is 1.75. The van der Waals surface area contributed by atoms with Gasteiger partial charge >= 0.3 is 0 Å². The summed E-state index contributed by atoms with van der Waals surface area (Å²) in [6.45, 7) is 4.05. The Morgan fingerprint density at radius 3 is 2.46 bits per heavy atom. The van der Waals surface area contributed by atoms with Crippen molar-refractivity contribution in [2.45, 2.75) is 51.6 Å². The van der Waals surface area contributed by atoms with Crippen molar-refractivity contribution in [1.29, 1.82) is 0 Å². The number of likely N-dealkylation sites (N-methyl/N-ethyl adjacent to an activating group) is 1. The largest absolute Gasteiger partial charge is 0.352 e. The van der Waals surface area contributed by atoms with E-state index in [4.69, 9.17) is 23.2 Å². The van der Waals surface area contributed by atoms with Gasteiger partial charge < -0.3 is 10.6 Å². The molecule has 2 N–H and O–H groups in total. The lowest BCUT2D eigenvalue weighted by Gasteiger charge is -2.32. The molecule has 0 spiro atoms. The Kier molecular flexibility index (Phi) is 7.74. The molecule has 7 heteroatoms. The number of carbonyl (C=O) groups excluding carboxylic acids is 2. The van der Waals surface area contributed by atoms with Crippen LogP contribution in [0.3, 0.4) is 0 Å². The van der Waals surface area contributed by atoms with Crippen LogP contribution in [0, 0.1) is 5.92 Å². The summed E-state index contributed by atoms with van der Waals surface area (Å²) in [4.78, 5) is 26.5. The summed E-state index contributed by atoms with van der Waals surface area (Å²) in [6.07, 6.45) is 4.55. The molecule has 0 radical (unpaired) electrons. The van der Waals surface area contributed by atoms with Crippen molar-refractivity contribution in [3.8, 4) is 0 Å². The summed E-state index contributed by atoms with van der Waals surface area (Å²) in [5.74, 6) is 0.180. The summed E-state index contributed by atoms with van der Waals surface area (Å²) in [6, 6.07) is 4.85. The van der Waals surface area contributed by atoms with Gasteiger partial charge in [0.15, 0.2) is 0 Å². The van der Waals surface area contributed by atoms with Gasteiger partial charge in [0.05, 0.1) is 28.3 Å². The molecule has 144 valence electrons. The minimum atomic E-state index is -0.406. The van der Waals surface area contributed by atoms with Crippen molar-refractivity contribution in [3.63, 3.8) is 0 Å². The Hall–Kier alpha value is -1.30. The third kappa shape index (κ3) is 5.60. The lowest BCUT2D eigenvalue weighted by molar-refractivity contribution is -0.127. The average Bonchev–Trinajstić information content (AvgIpc) is 2.59. The third-order valence-corrected chi connectivity index (χ3v) is 5.73. The molecule has 0 bridgehead atoms. The van der Waals surface area contributed by atoms with Crippen LogP contribution in [0.1, 0.15) is 39.5 Å². The highest BCUT2D eigenvalue weighted by Crippen LogP contribution is 2.29. The maximum Gasteiger partial charge on any atom is 0.238 e. The molecule has 1 fully saturated rings. The zero-order chi connectivity index (χ0) is 19.3. The zero-order valence-corrected chi connectivity index (χ0v) is 17.0. The van der Waals surface area contributed by atoms with Crippen LogP contribution >= 0.6 is 23.2 Å². The molecule has 1 saturated carbocycles. The molecule has 0 aromatic heterocycles. The lowest BCUT2D eigenvalue weighted by Crippen LogP contribution is -2.50. The van der Waals surface area contributed by atoms with E-state index in [0.717, 1.165) is 19.3 Å². The lowest BCUT2D eigenvalue weighted by atomic mass is 9.86. The first-order valence-electron chi connectivity index (χ1n) is 9.04. The SMILES string of the molecule is C[C@@H]1CCCC[C@H]1NC(=O)[C@@H](C)N(C)CC(=O)Nc1c(Cl)cccc1Cl. The maximum absolute atomic E-state index is 12.5. The van der Waals surface area contributed by atoms with Crippen molar-refractivity contribution < 1.29 is 9.59 Å². The molecule has 1 aromatic carbocycles. The smallest absolute Gasteiger partial charge is 0.238 e. The molecule has 1 aliphatic carbocycles. The first-order valence-corrected chi connectivity index (χ1v) is 9.79. The van der Waals surface area contributed by atoms with Gasteiger partial charge in [0.2, 0.25) is 11.8 Å². The fourth-order valence-corrected chi connectivity index (χ4v) is 3.69. The number of nitrogens with one attached hydrogen (secondary N) is 2. The first kappa shape index (κ1) is 21.0. The Bertz CT molecular complexity index is 633. The fourth-order valence-electron chi connectivity index (χ4n) is 3.19. The van der Waals surface area contributed by atoms with Crippen LogP contribution in [0.2, 0.25) is 10.0 Å². The van der Waals surface area contributed by atoms with Crippen LogP contribution in [-0.2, 0) is 9.59 Å². The third-order valence-electron chi connectivity index (χ3n) is 5.10. The van der Waals surface area contributed by atoms with E-state index in [2.05, 4.69) is 17.6 Å². The van der Waals surface area contributed by atoms with Crippen molar-refractivity contribution >= 4 is 40.7 Å². The Balaban J connectivity index is 1.88. The number of hydrogen-bond donors (Lipinski definition) is 2. The highest BCUT2D eigenvalue weighted by atomic mass is 35.5. The van der Waals surface area contributed by atoms with Crippen molar-refractivity contribution in [1.82, 2.24) is 10.2 Å². The molecule has 3 atom stereocenters. The van der Waals surface area contributed by atoms with Gasteiger partial charge in [-0.05, 0) is 44.9 Å². The van der Waals surface area contributed by atoms with Crippen LogP contribution in [-0.4, -0.2) is 42.4 Å². The summed E-state index contributed by atoms with van der Waals surface area (Å²) >= 11 is 12.1. The van der Waals surface area contributed by atoms with E-state index in [1.54, 1.807) is 37.1 Å². The van der Waals surface area contributed by atoms with E-state index in [1.165, 1.54) is 6.42 Å². The minimum Gasteiger partial charge on any atom is -0.352 e.